The van der Waals surface area contributed by atoms with Crippen molar-refractivity contribution in [2.45, 2.75) is 58.3 Å². The van der Waals surface area contributed by atoms with Crippen molar-refractivity contribution in [1.82, 2.24) is 0 Å². The molecule has 0 aliphatic carbocycles. The first-order chi connectivity index (χ1) is 6.31. The Morgan fingerprint density at radius 1 is 1.00 bits per heavy atom. The second-order valence-electron chi connectivity index (χ2n) is 3.57. The number of thiol groups is 1. The summed E-state index contributed by atoms with van der Waals surface area (Å²) in [5.41, 5.74) is 0. The van der Waals surface area contributed by atoms with Gasteiger partial charge in [-0.25, -0.2) is 0 Å². The van der Waals surface area contributed by atoms with E-state index in [9.17, 15) is 4.79 Å². The van der Waals surface area contributed by atoms with Gasteiger partial charge in [0.1, 0.15) is 5.78 Å². The van der Waals surface area contributed by atoms with Crippen LogP contribution in [0.15, 0.2) is 0 Å². The van der Waals surface area contributed by atoms with E-state index in [1.807, 2.05) is 0 Å². The molecule has 0 rings (SSSR count). The molecule has 0 radical (unpaired) electrons. The van der Waals surface area contributed by atoms with Gasteiger partial charge in [0.05, 0.1) is 0 Å². The van der Waals surface area contributed by atoms with Crippen molar-refractivity contribution in [1.29, 1.82) is 0 Å². The molecule has 0 aliphatic heterocycles. The molecule has 78 valence electrons. The van der Waals surface area contributed by atoms with Gasteiger partial charge in [-0.3, -0.25) is 4.79 Å². The van der Waals surface area contributed by atoms with Gasteiger partial charge in [0, 0.05) is 12.2 Å². The summed E-state index contributed by atoms with van der Waals surface area (Å²) in [7, 11) is 0. The zero-order chi connectivity index (χ0) is 9.94. The predicted molar refractivity (Wildman–Crippen MR) is 61.5 cm³/mol. The lowest BCUT2D eigenvalue weighted by atomic mass is 10.1. The molecule has 2 heteroatoms. The van der Waals surface area contributed by atoms with Crippen LogP contribution in [-0.2, 0) is 4.79 Å². The molecule has 0 amide bonds. The lowest BCUT2D eigenvalue weighted by Crippen LogP contribution is -1.98. The number of unbranched alkanes of at least 4 members (excludes halogenated alkanes) is 6. The SMILES string of the molecule is CCCCCCCCCC(=O)CS. The topological polar surface area (TPSA) is 17.1 Å². The number of Topliss-reactive ketones (excluding diaryl/α,β-unsaturated/α-hetero) is 1. The third kappa shape index (κ3) is 9.94. The van der Waals surface area contributed by atoms with Gasteiger partial charge in [0.15, 0.2) is 0 Å². The summed E-state index contributed by atoms with van der Waals surface area (Å²) >= 11 is 3.94. The number of ketones is 1. The molecular formula is C11H22OS. The fourth-order valence-electron chi connectivity index (χ4n) is 1.36. The van der Waals surface area contributed by atoms with Crippen LogP contribution < -0.4 is 0 Å². The molecule has 0 saturated heterocycles. The minimum Gasteiger partial charge on any atom is -0.299 e. The van der Waals surface area contributed by atoms with Gasteiger partial charge in [-0.05, 0) is 6.42 Å². The second kappa shape index (κ2) is 10.1. The third-order valence-electron chi connectivity index (χ3n) is 2.24. The van der Waals surface area contributed by atoms with Crippen LogP contribution in [0.3, 0.4) is 0 Å². The minimum absolute atomic E-state index is 0.289. The van der Waals surface area contributed by atoms with E-state index in [1.54, 1.807) is 0 Å². The van der Waals surface area contributed by atoms with Gasteiger partial charge in [-0.1, -0.05) is 45.4 Å². The second-order valence-corrected chi connectivity index (χ2v) is 3.88. The van der Waals surface area contributed by atoms with Gasteiger partial charge in [0.2, 0.25) is 0 Å². The standard InChI is InChI=1S/C11H22OS/c1-2-3-4-5-6-7-8-9-11(12)10-13/h13H,2-10H2,1H3. The van der Waals surface area contributed by atoms with Gasteiger partial charge in [0.25, 0.3) is 0 Å². The maximum atomic E-state index is 10.9. The maximum Gasteiger partial charge on any atom is 0.142 e. The molecule has 13 heavy (non-hydrogen) atoms. The molecule has 0 N–H and O–H groups in total. The fourth-order valence-corrected chi connectivity index (χ4v) is 1.52. The summed E-state index contributed by atoms with van der Waals surface area (Å²) in [6.45, 7) is 2.23. The summed E-state index contributed by atoms with van der Waals surface area (Å²) in [6.07, 6.45) is 9.65. The van der Waals surface area contributed by atoms with Crippen LogP contribution >= 0.6 is 12.6 Å². The molecule has 0 spiro atoms. The van der Waals surface area contributed by atoms with Crippen molar-refractivity contribution in [3.05, 3.63) is 0 Å². The van der Waals surface area contributed by atoms with Crippen molar-refractivity contribution in [2.75, 3.05) is 5.75 Å². The Balaban J connectivity index is 2.95. The summed E-state index contributed by atoms with van der Waals surface area (Å²) in [6, 6.07) is 0. The monoisotopic (exact) mass is 202 g/mol. The molecule has 1 nitrogen and oxygen atoms in total. The summed E-state index contributed by atoms with van der Waals surface area (Å²) < 4.78 is 0. The van der Waals surface area contributed by atoms with E-state index >= 15 is 0 Å². The van der Waals surface area contributed by atoms with Crippen LogP contribution in [0.1, 0.15) is 58.3 Å². The van der Waals surface area contributed by atoms with Crippen molar-refractivity contribution in [3.63, 3.8) is 0 Å². The summed E-state index contributed by atoms with van der Waals surface area (Å²) in [5.74, 6) is 0.701. The quantitative estimate of drug-likeness (QED) is 0.446. The Kier molecular flexibility index (Phi) is 10.1. The van der Waals surface area contributed by atoms with Crippen LogP contribution in [0, 0.1) is 0 Å². The average molecular weight is 202 g/mol. The van der Waals surface area contributed by atoms with Gasteiger partial charge < -0.3 is 0 Å². The Morgan fingerprint density at radius 3 is 2.08 bits per heavy atom. The lowest BCUT2D eigenvalue weighted by molar-refractivity contribution is -0.116. The first-order valence-electron chi connectivity index (χ1n) is 5.43. The average Bonchev–Trinajstić information content (AvgIpc) is 2.16. The van der Waals surface area contributed by atoms with E-state index in [2.05, 4.69) is 19.6 Å². The number of hydrogen-bond acceptors (Lipinski definition) is 2. The van der Waals surface area contributed by atoms with Crippen LogP contribution in [0.25, 0.3) is 0 Å². The zero-order valence-corrected chi connectivity index (χ0v) is 9.61. The molecule has 0 heterocycles. The molecule has 0 aliphatic rings. The highest BCUT2D eigenvalue weighted by Crippen LogP contribution is 2.08. The first-order valence-corrected chi connectivity index (χ1v) is 6.07. The lowest BCUT2D eigenvalue weighted by Gasteiger charge is -1.99. The first kappa shape index (κ1) is 13.0. The van der Waals surface area contributed by atoms with Crippen molar-refractivity contribution >= 4 is 18.4 Å². The van der Waals surface area contributed by atoms with Crippen LogP contribution in [0.5, 0.6) is 0 Å². The Labute approximate surface area is 87.7 Å². The van der Waals surface area contributed by atoms with E-state index in [-0.39, 0.29) is 5.78 Å². The highest BCUT2D eigenvalue weighted by molar-refractivity contribution is 7.81. The van der Waals surface area contributed by atoms with Crippen LogP contribution in [0.2, 0.25) is 0 Å². The molecule has 0 unspecified atom stereocenters. The van der Waals surface area contributed by atoms with Crippen LogP contribution in [0.4, 0.5) is 0 Å². The molecule has 0 bridgehead atoms. The summed E-state index contributed by atoms with van der Waals surface area (Å²) in [4.78, 5) is 10.9. The van der Waals surface area contributed by atoms with Crippen molar-refractivity contribution < 1.29 is 4.79 Å². The molecule has 0 aromatic heterocycles. The normalized spacial score (nSPS) is 10.3. The summed E-state index contributed by atoms with van der Waals surface area (Å²) in [5, 5.41) is 0. The van der Waals surface area contributed by atoms with E-state index in [4.69, 9.17) is 0 Å². The van der Waals surface area contributed by atoms with Crippen molar-refractivity contribution in [3.8, 4) is 0 Å². The Bertz CT molecular complexity index is 123. The smallest absolute Gasteiger partial charge is 0.142 e. The highest BCUT2D eigenvalue weighted by Gasteiger charge is 1.97. The number of carbonyl (C=O) groups is 1. The minimum atomic E-state index is 0.289. The molecule has 0 aromatic carbocycles. The third-order valence-corrected chi connectivity index (χ3v) is 2.59. The maximum absolute atomic E-state index is 10.9. The van der Waals surface area contributed by atoms with Gasteiger partial charge >= 0.3 is 0 Å². The zero-order valence-electron chi connectivity index (χ0n) is 8.72. The number of hydrogen-bond donors (Lipinski definition) is 1. The number of carbonyl (C=O) groups excluding carboxylic acids is 1. The molecule has 0 fully saturated rings. The Hall–Kier alpha value is 0.0200. The van der Waals surface area contributed by atoms with E-state index < -0.39 is 0 Å². The van der Waals surface area contributed by atoms with Crippen molar-refractivity contribution in [2.24, 2.45) is 0 Å². The number of rotatable bonds is 9. The van der Waals surface area contributed by atoms with Gasteiger partial charge in [-0.2, -0.15) is 12.6 Å². The Morgan fingerprint density at radius 2 is 1.54 bits per heavy atom. The predicted octanol–water partition coefficient (Wildman–Crippen LogP) is 3.63. The molecule has 0 aromatic rings. The van der Waals surface area contributed by atoms with E-state index in [0.717, 1.165) is 12.8 Å². The van der Waals surface area contributed by atoms with Gasteiger partial charge in [-0.15, -0.1) is 0 Å². The van der Waals surface area contributed by atoms with E-state index in [1.165, 1.54) is 38.5 Å². The van der Waals surface area contributed by atoms with Crippen LogP contribution in [-0.4, -0.2) is 11.5 Å². The molecular weight excluding hydrogens is 180 g/mol. The fraction of sp³-hybridized carbons (Fsp3) is 0.909. The highest BCUT2D eigenvalue weighted by atomic mass is 32.1. The molecule has 0 saturated carbocycles. The molecule has 0 atom stereocenters. The largest absolute Gasteiger partial charge is 0.299 e. The van der Waals surface area contributed by atoms with E-state index in [0.29, 0.717) is 5.75 Å².